The Morgan fingerprint density at radius 3 is 2.75 bits per heavy atom. The van der Waals surface area contributed by atoms with Gasteiger partial charge in [0, 0.05) is 45.7 Å². The smallest absolute Gasteiger partial charge is 0.341 e. The Kier molecular flexibility index (Phi) is 6.64. The normalized spacial score (nSPS) is 22.5. The predicted molar refractivity (Wildman–Crippen MR) is 134 cm³/mol. The van der Waals surface area contributed by atoms with Crippen molar-refractivity contribution < 1.29 is 23.8 Å². The molecule has 192 valence electrons. The van der Waals surface area contributed by atoms with Gasteiger partial charge < -0.3 is 29.5 Å². The minimum Gasteiger partial charge on any atom is -0.477 e. The molecule has 0 radical (unpaired) electrons. The first-order chi connectivity index (χ1) is 17.2. The zero-order chi connectivity index (χ0) is 25.6. The van der Waals surface area contributed by atoms with Gasteiger partial charge in [-0.15, -0.1) is 0 Å². The number of ether oxygens (including phenoxy) is 1. The summed E-state index contributed by atoms with van der Waals surface area (Å²) in [6, 6.07) is 1.73. The number of anilines is 1. The second kappa shape index (κ2) is 9.74. The van der Waals surface area contributed by atoms with Crippen LogP contribution in [-0.2, 0) is 9.53 Å². The molecule has 2 aromatic rings. The molecular formula is C24H28FN5O5S. The number of carbonyl (C=O) groups is 2. The number of halogens is 1. The Balaban J connectivity index is 1.39. The molecule has 0 bridgehead atoms. The first kappa shape index (κ1) is 24.6. The molecule has 5 heterocycles. The van der Waals surface area contributed by atoms with Crippen molar-refractivity contribution in [2.24, 2.45) is 5.92 Å². The van der Waals surface area contributed by atoms with Crippen molar-refractivity contribution in [2.45, 2.75) is 37.8 Å². The molecule has 0 saturated carbocycles. The Bertz CT molecular complexity index is 1300. The van der Waals surface area contributed by atoms with E-state index in [0.29, 0.717) is 31.0 Å². The first-order valence-electron chi connectivity index (χ1n) is 11.9. The van der Waals surface area contributed by atoms with Gasteiger partial charge >= 0.3 is 5.97 Å². The molecule has 0 spiro atoms. The van der Waals surface area contributed by atoms with Gasteiger partial charge in [0.25, 0.3) is 0 Å². The van der Waals surface area contributed by atoms with Gasteiger partial charge in [-0.25, -0.2) is 9.78 Å². The highest BCUT2D eigenvalue weighted by Crippen LogP contribution is 2.41. The summed E-state index contributed by atoms with van der Waals surface area (Å²) in [5.74, 6) is -0.979. The quantitative estimate of drug-likeness (QED) is 0.596. The van der Waals surface area contributed by atoms with Gasteiger partial charge in [-0.05, 0) is 49.6 Å². The maximum atomic E-state index is 14.0. The van der Waals surface area contributed by atoms with Gasteiger partial charge in [-0.3, -0.25) is 9.59 Å². The van der Waals surface area contributed by atoms with E-state index >= 15 is 0 Å². The zero-order valence-corrected chi connectivity index (χ0v) is 20.9. The van der Waals surface area contributed by atoms with Crippen molar-refractivity contribution in [3.63, 3.8) is 0 Å². The number of nitrogens with zero attached hydrogens (tertiary/aromatic N) is 4. The molecule has 36 heavy (non-hydrogen) atoms. The highest BCUT2D eigenvalue weighted by molar-refractivity contribution is 8.03. The second-order valence-electron chi connectivity index (χ2n) is 9.46. The molecule has 0 aliphatic carbocycles. The molecule has 0 aromatic carbocycles. The van der Waals surface area contributed by atoms with E-state index in [0.717, 1.165) is 37.6 Å². The van der Waals surface area contributed by atoms with Gasteiger partial charge in [0.2, 0.25) is 11.3 Å². The van der Waals surface area contributed by atoms with Crippen LogP contribution in [0.1, 0.15) is 40.7 Å². The van der Waals surface area contributed by atoms with Crippen molar-refractivity contribution in [1.82, 2.24) is 19.8 Å². The molecule has 2 fully saturated rings. The largest absolute Gasteiger partial charge is 0.477 e. The molecule has 10 nitrogen and oxygen atoms in total. The molecule has 3 aliphatic rings. The summed E-state index contributed by atoms with van der Waals surface area (Å²) in [6.45, 7) is 3.92. The van der Waals surface area contributed by atoms with Gasteiger partial charge in [-0.2, -0.15) is 4.39 Å². The van der Waals surface area contributed by atoms with Crippen LogP contribution in [0, 0.1) is 12.8 Å². The fourth-order valence-electron chi connectivity index (χ4n) is 4.83. The highest BCUT2D eigenvalue weighted by Gasteiger charge is 2.35. The third-order valence-electron chi connectivity index (χ3n) is 6.86. The van der Waals surface area contributed by atoms with E-state index in [1.807, 2.05) is 4.90 Å². The van der Waals surface area contributed by atoms with Crippen LogP contribution in [0.5, 0.6) is 0 Å². The van der Waals surface area contributed by atoms with Crippen molar-refractivity contribution in [3.8, 4) is 0 Å². The average molecular weight is 518 g/mol. The number of pyridine rings is 2. The Labute approximate surface area is 211 Å². The number of carboxylic acids is 1. The number of thioether (sulfide) groups is 1. The van der Waals surface area contributed by atoms with Crippen LogP contribution < -0.4 is 15.6 Å². The van der Waals surface area contributed by atoms with Crippen molar-refractivity contribution in [3.05, 3.63) is 45.0 Å². The van der Waals surface area contributed by atoms with E-state index in [9.17, 15) is 23.9 Å². The standard InChI is InChI=1S/C24H28FN5O5S/c1-13-7-18(29-9-14(10-29)22(32)26-8-15-5-3-4-6-35-15)27-21-19(13)20(31)16(23(33)34)11-30(21)24-28(2)12-17(25)36-24/h7,11-12,14-15,24H,3-6,8-10H2,1-2H3,(H,26,32)(H,33,34)/t15-,24?/m0/s1. The summed E-state index contributed by atoms with van der Waals surface area (Å²) in [7, 11) is 1.67. The summed E-state index contributed by atoms with van der Waals surface area (Å²) < 4.78 is 21.2. The number of aromatic carboxylic acids is 1. The van der Waals surface area contributed by atoms with E-state index in [4.69, 9.17) is 9.72 Å². The van der Waals surface area contributed by atoms with Gasteiger partial charge in [0.15, 0.2) is 10.7 Å². The van der Waals surface area contributed by atoms with Gasteiger partial charge in [0.1, 0.15) is 17.0 Å². The molecule has 2 N–H and O–H groups in total. The predicted octanol–water partition coefficient (Wildman–Crippen LogP) is 2.43. The number of aromatic nitrogens is 2. The van der Waals surface area contributed by atoms with E-state index in [-0.39, 0.29) is 29.0 Å². The first-order valence-corrected chi connectivity index (χ1v) is 12.8. The molecule has 1 unspecified atom stereocenters. The number of carboxylic acid groups (broad SMARTS) is 1. The van der Waals surface area contributed by atoms with Gasteiger partial charge in [-0.1, -0.05) is 0 Å². The lowest BCUT2D eigenvalue weighted by molar-refractivity contribution is -0.126. The zero-order valence-electron chi connectivity index (χ0n) is 20.1. The van der Waals surface area contributed by atoms with Crippen molar-refractivity contribution in [1.29, 1.82) is 0 Å². The van der Waals surface area contributed by atoms with Crippen LogP contribution in [-0.4, -0.2) is 70.8 Å². The summed E-state index contributed by atoms with van der Waals surface area (Å²) in [6.07, 6.45) is 5.74. The third kappa shape index (κ3) is 4.55. The summed E-state index contributed by atoms with van der Waals surface area (Å²) in [5.41, 5.74) is -0.822. The van der Waals surface area contributed by atoms with Crippen LogP contribution >= 0.6 is 11.8 Å². The number of hydrogen-bond donors (Lipinski definition) is 2. The number of rotatable bonds is 6. The lowest BCUT2D eigenvalue weighted by Crippen LogP contribution is -2.55. The number of hydrogen-bond acceptors (Lipinski definition) is 8. The Hall–Kier alpha value is -3.12. The number of fused-ring (bicyclic) bond motifs is 1. The summed E-state index contributed by atoms with van der Waals surface area (Å²) >= 11 is 0.901. The average Bonchev–Trinajstić information content (AvgIpc) is 3.14. The molecule has 12 heteroatoms. The van der Waals surface area contributed by atoms with Crippen LogP contribution in [0.3, 0.4) is 0 Å². The fourth-order valence-corrected chi connectivity index (χ4v) is 5.76. The Morgan fingerprint density at radius 1 is 1.33 bits per heavy atom. The third-order valence-corrected chi connectivity index (χ3v) is 7.96. The molecule has 5 rings (SSSR count). The minimum absolute atomic E-state index is 0.0218. The SMILES string of the molecule is Cc1cc(N2CC(C(=O)NC[C@@H]3CCCCO3)C2)nc2c1c(=O)c(C(=O)O)cn2C1SC(F)=CN1C. The summed E-state index contributed by atoms with van der Waals surface area (Å²) in [5, 5.41) is 12.3. The molecule has 2 saturated heterocycles. The van der Waals surface area contributed by atoms with Crippen LogP contribution in [0.25, 0.3) is 11.0 Å². The highest BCUT2D eigenvalue weighted by atomic mass is 32.2. The maximum absolute atomic E-state index is 14.0. The van der Waals surface area contributed by atoms with Crippen LogP contribution in [0.15, 0.2) is 28.4 Å². The van der Waals surface area contributed by atoms with E-state index in [1.54, 1.807) is 24.9 Å². The fraction of sp³-hybridized carbons (Fsp3) is 0.500. The van der Waals surface area contributed by atoms with Crippen molar-refractivity contribution in [2.75, 3.05) is 38.2 Å². The second-order valence-corrected chi connectivity index (χ2v) is 10.5. The monoisotopic (exact) mass is 517 g/mol. The van der Waals surface area contributed by atoms with E-state index < -0.39 is 27.6 Å². The van der Waals surface area contributed by atoms with Crippen LogP contribution in [0.4, 0.5) is 10.2 Å². The number of nitrogens with one attached hydrogen (secondary N) is 1. The molecule has 3 aliphatic heterocycles. The molecule has 2 aromatic heterocycles. The number of aryl methyl sites for hydroxylation is 1. The van der Waals surface area contributed by atoms with E-state index in [1.165, 1.54) is 17.0 Å². The number of amides is 1. The summed E-state index contributed by atoms with van der Waals surface area (Å²) in [4.78, 5) is 45.6. The van der Waals surface area contributed by atoms with Gasteiger partial charge in [0.05, 0.1) is 17.4 Å². The lowest BCUT2D eigenvalue weighted by Gasteiger charge is -2.39. The van der Waals surface area contributed by atoms with Crippen LogP contribution in [0.2, 0.25) is 0 Å². The van der Waals surface area contributed by atoms with Crippen molar-refractivity contribution >= 4 is 40.5 Å². The molecule has 1 amide bonds. The molecular weight excluding hydrogens is 489 g/mol. The van der Waals surface area contributed by atoms with E-state index in [2.05, 4.69) is 5.32 Å². The minimum atomic E-state index is -1.35. The maximum Gasteiger partial charge on any atom is 0.341 e. The lowest BCUT2D eigenvalue weighted by atomic mass is 9.98. The Morgan fingerprint density at radius 2 is 2.11 bits per heavy atom. The molecule has 2 atom stereocenters. The number of carbonyl (C=O) groups excluding carboxylic acids is 1. The topological polar surface area (TPSA) is 117 Å².